The molecule has 4 rings (SSSR count). The average molecular weight is 688 g/mol. The van der Waals surface area contributed by atoms with E-state index in [1.165, 1.54) is 0 Å². The quantitative estimate of drug-likeness (QED) is 0.104. The van der Waals surface area contributed by atoms with Crippen molar-refractivity contribution in [2.45, 2.75) is 164 Å². The Balaban J connectivity index is 1.45. The summed E-state index contributed by atoms with van der Waals surface area (Å²) in [6.45, 7) is 3.71. The molecule has 12 heteroatoms. The number of methoxy groups -OCH3 is 2. The van der Waals surface area contributed by atoms with Crippen LogP contribution in [0, 0.1) is 23.7 Å². The number of nitrogens with one attached hydrogen (secondary N) is 2. The number of nitrogens with two attached hydrogens (primary N) is 1. The molecule has 48 heavy (non-hydrogen) atoms. The Bertz CT molecular complexity index is 892. The first-order chi connectivity index (χ1) is 23.2. The van der Waals surface area contributed by atoms with Gasteiger partial charge >= 0.3 is 0 Å². The largest absolute Gasteiger partial charge is 0.396 e. The molecule has 15 unspecified atom stereocenters. The summed E-state index contributed by atoms with van der Waals surface area (Å²) < 4.78 is 25.0. The summed E-state index contributed by atoms with van der Waals surface area (Å²) in [6.07, 6.45) is 7.04. The van der Waals surface area contributed by atoms with E-state index in [4.69, 9.17) is 24.7 Å². The molecule has 0 aromatic carbocycles. The minimum absolute atomic E-state index is 0.0136. The molecule has 0 bridgehead atoms. The number of likely N-dealkylation sites (N-methyl/N-ethyl adjacent to an activating group) is 1. The summed E-state index contributed by atoms with van der Waals surface area (Å²) in [5.74, 6) is 0.694. The average Bonchev–Trinajstić information content (AvgIpc) is 3.08. The maximum absolute atomic E-state index is 11.5. The molecule has 12 nitrogen and oxygen atoms in total. The number of piperidine rings is 1. The Hall–Kier alpha value is -0.480. The van der Waals surface area contributed by atoms with Crippen LogP contribution in [0.15, 0.2) is 0 Å². The highest BCUT2D eigenvalue weighted by Crippen LogP contribution is 2.42. The van der Waals surface area contributed by atoms with E-state index in [0.29, 0.717) is 43.9 Å². The molecule has 2 saturated heterocycles. The summed E-state index contributed by atoms with van der Waals surface area (Å²) in [7, 11) is 3.27. The molecule has 9 N–H and O–H groups in total. The lowest BCUT2D eigenvalue weighted by atomic mass is 9.72. The van der Waals surface area contributed by atoms with Crippen LogP contribution in [0.4, 0.5) is 0 Å². The van der Waals surface area contributed by atoms with Gasteiger partial charge in [-0.15, -0.1) is 0 Å². The van der Waals surface area contributed by atoms with Crippen LogP contribution in [0.25, 0.3) is 0 Å². The van der Waals surface area contributed by atoms with Crippen molar-refractivity contribution in [1.29, 1.82) is 0 Å². The lowest BCUT2D eigenvalue weighted by molar-refractivity contribution is -0.206. The number of hydrogen-bond acceptors (Lipinski definition) is 12. The van der Waals surface area contributed by atoms with Crippen molar-refractivity contribution in [3.63, 3.8) is 0 Å². The van der Waals surface area contributed by atoms with Crippen molar-refractivity contribution in [2.24, 2.45) is 29.4 Å². The van der Waals surface area contributed by atoms with Gasteiger partial charge in [-0.05, 0) is 121 Å². The van der Waals surface area contributed by atoms with Gasteiger partial charge in [-0.1, -0.05) is 6.92 Å². The Kier molecular flexibility index (Phi) is 17.2. The van der Waals surface area contributed by atoms with Gasteiger partial charge in [0.25, 0.3) is 0 Å². The minimum atomic E-state index is -0.840. The van der Waals surface area contributed by atoms with Gasteiger partial charge in [0.15, 0.2) is 0 Å². The fourth-order valence-corrected chi connectivity index (χ4v) is 9.29. The van der Waals surface area contributed by atoms with E-state index in [0.717, 1.165) is 70.9 Å². The van der Waals surface area contributed by atoms with E-state index >= 15 is 0 Å². The zero-order valence-corrected chi connectivity index (χ0v) is 29.8. The van der Waals surface area contributed by atoms with Crippen LogP contribution < -0.4 is 16.4 Å². The van der Waals surface area contributed by atoms with E-state index in [2.05, 4.69) is 17.6 Å². The highest BCUT2D eigenvalue weighted by molar-refractivity contribution is 4.97. The van der Waals surface area contributed by atoms with E-state index in [-0.39, 0.29) is 61.7 Å². The zero-order valence-electron chi connectivity index (χ0n) is 29.8. The van der Waals surface area contributed by atoms with Gasteiger partial charge in [0.05, 0.1) is 55.0 Å². The second-order valence-corrected chi connectivity index (χ2v) is 15.2. The molecule has 0 aromatic rings. The fraction of sp³-hybridized carbons (Fsp3) is 1.00. The molecule has 4 fully saturated rings. The second kappa shape index (κ2) is 20.5. The van der Waals surface area contributed by atoms with Crippen molar-refractivity contribution in [3.05, 3.63) is 0 Å². The molecular weight excluding hydrogens is 618 g/mol. The van der Waals surface area contributed by atoms with Crippen LogP contribution in [-0.2, 0) is 18.9 Å². The molecule has 0 amide bonds. The molecule has 2 saturated carbocycles. The normalized spacial score (nSPS) is 40.8. The SMILES string of the molecule is CCNC(CCC1CCNC(N)C1)C(CCO)OC1CC(C2OC(CCC3CCC(O)C(OC)C3)CC(O)C2CCO)CC(OC)C1O. The molecule has 2 aliphatic carbocycles. The topological polar surface area (TPSA) is 188 Å². The number of ether oxygens (including phenoxy) is 4. The maximum atomic E-state index is 11.5. The Morgan fingerprint density at radius 3 is 2.25 bits per heavy atom. The van der Waals surface area contributed by atoms with E-state index in [9.17, 15) is 25.5 Å². The lowest BCUT2D eigenvalue weighted by Crippen LogP contribution is -2.56. The van der Waals surface area contributed by atoms with Gasteiger partial charge < -0.3 is 60.8 Å². The Morgan fingerprint density at radius 1 is 0.812 bits per heavy atom. The van der Waals surface area contributed by atoms with Gasteiger partial charge in [-0.2, -0.15) is 0 Å². The smallest absolute Gasteiger partial charge is 0.106 e. The van der Waals surface area contributed by atoms with Crippen molar-refractivity contribution < 1.29 is 44.5 Å². The van der Waals surface area contributed by atoms with Crippen LogP contribution in [-0.4, -0.2) is 133 Å². The zero-order chi connectivity index (χ0) is 34.6. The minimum Gasteiger partial charge on any atom is -0.396 e. The predicted octanol–water partition coefficient (Wildman–Crippen LogP) is 1.42. The van der Waals surface area contributed by atoms with Crippen LogP contribution >= 0.6 is 0 Å². The monoisotopic (exact) mass is 688 g/mol. The summed E-state index contributed by atoms with van der Waals surface area (Å²) in [5.41, 5.74) is 6.17. The highest BCUT2D eigenvalue weighted by atomic mass is 16.5. The number of aliphatic hydroxyl groups excluding tert-OH is 5. The molecular formula is C36H69N3O9. The van der Waals surface area contributed by atoms with Crippen molar-refractivity contribution in [3.8, 4) is 0 Å². The van der Waals surface area contributed by atoms with Gasteiger partial charge in [0, 0.05) is 39.4 Å². The Labute approximate surface area is 288 Å². The third kappa shape index (κ3) is 11.3. The van der Waals surface area contributed by atoms with Crippen LogP contribution in [0.1, 0.15) is 96.8 Å². The van der Waals surface area contributed by atoms with Gasteiger partial charge in [-0.25, -0.2) is 0 Å². The lowest BCUT2D eigenvalue weighted by Gasteiger charge is -2.48. The molecule has 282 valence electrons. The predicted molar refractivity (Wildman–Crippen MR) is 183 cm³/mol. The first-order valence-corrected chi connectivity index (χ1v) is 19.1. The molecule has 2 aliphatic heterocycles. The maximum Gasteiger partial charge on any atom is 0.106 e. The van der Waals surface area contributed by atoms with Gasteiger partial charge in [0.1, 0.15) is 6.10 Å². The first kappa shape index (κ1) is 40.3. The molecule has 0 aromatic heterocycles. The molecule has 4 aliphatic rings. The number of hydrogen-bond donors (Lipinski definition) is 8. The first-order valence-electron chi connectivity index (χ1n) is 19.1. The van der Waals surface area contributed by atoms with Crippen molar-refractivity contribution in [1.82, 2.24) is 10.6 Å². The highest BCUT2D eigenvalue weighted by Gasteiger charge is 2.48. The third-order valence-electron chi connectivity index (χ3n) is 12.0. The number of aliphatic hydroxyl groups is 5. The molecule has 2 heterocycles. The summed E-state index contributed by atoms with van der Waals surface area (Å²) >= 11 is 0. The summed E-state index contributed by atoms with van der Waals surface area (Å²) in [6, 6.07) is 0.0136. The van der Waals surface area contributed by atoms with Crippen molar-refractivity contribution >= 4 is 0 Å². The van der Waals surface area contributed by atoms with Crippen LogP contribution in [0.5, 0.6) is 0 Å². The second-order valence-electron chi connectivity index (χ2n) is 15.2. The number of rotatable bonds is 18. The van der Waals surface area contributed by atoms with E-state index in [1.807, 2.05) is 0 Å². The van der Waals surface area contributed by atoms with Crippen LogP contribution in [0.3, 0.4) is 0 Å². The fourth-order valence-electron chi connectivity index (χ4n) is 9.29. The van der Waals surface area contributed by atoms with E-state index < -0.39 is 30.5 Å². The van der Waals surface area contributed by atoms with Crippen molar-refractivity contribution in [2.75, 3.05) is 40.5 Å². The van der Waals surface area contributed by atoms with E-state index in [1.54, 1.807) is 14.2 Å². The van der Waals surface area contributed by atoms with Crippen LogP contribution in [0.2, 0.25) is 0 Å². The van der Waals surface area contributed by atoms with Gasteiger partial charge in [-0.3, -0.25) is 0 Å². The molecule has 0 spiro atoms. The summed E-state index contributed by atoms with van der Waals surface area (Å²) in [5, 5.41) is 60.1. The molecule has 0 radical (unpaired) electrons. The van der Waals surface area contributed by atoms with Gasteiger partial charge in [0.2, 0.25) is 0 Å². The molecule has 15 atom stereocenters. The third-order valence-corrected chi connectivity index (χ3v) is 12.0. The summed E-state index contributed by atoms with van der Waals surface area (Å²) in [4.78, 5) is 0. The standard InChI is InChI=1S/C36H69N3O9/c1-4-38-27(9-6-23-11-14-39-34(37)18-23)30(13-16-41)48-33-20-24(19-32(46-3)35(33)44)36-26(12-15-40)29(43)21-25(47-36)8-5-22-7-10-28(42)31(17-22)45-2/h22-36,38-44H,4-21,37H2,1-3H3. The Morgan fingerprint density at radius 2 is 1.56 bits per heavy atom.